The van der Waals surface area contributed by atoms with Crippen molar-refractivity contribution in [3.63, 3.8) is 0 Å². The van der Waals surface area contributed by atoms with Crippen LogP contribution in [0.3, 0.4) is 0 Å². The second-order valence-electron chi connectivity index (χ2n) is 8.21. The van der Waals surface area contributed by atoms with E-state index in [0.717, 1.165) is 29.7 Å². The molecule has 11 heteroatoms. The van der Waals surface area contributed by atoms with Crippen molar-refractivity contribution in [2.75, 3.05) is 0 Å². The predicted molar refractivity (Wildman–Crippen MR) is 123 cm³/mol. The third-order valence-electron chi connectivity index (χ3n) is 5.93. The smallest absolute Gasteiger partial charge is 0.387 e. The number of hydroxylamine groups is 1. The van der Waals surface area contributed by atoms with Gasteiger partial charge < -0.3 is 14.6 Å². The summed E-state index contributed by atoms with van der Waals surface area (Å²) in [5, 5.41) is 20.6. The molecule has 192 valence electrons. The van der Waals surface area contributed by atoms with Gasteiger partial charge in [-0.15, -0.1) is 11.3 Å². The van der Waals surface area contributed by atoms with E-state index in [1.807, 2.05) is 18.5 Å². The summed E-state index contributed by atoms with van der Waals surface area (Å²) in [5.74, 6) is -1.43. The van der Waals surface area contributed by atoms with Gasteiger partial charge in [-0.3, -0.25) is 10.7 Å². The van der Waals surface area contributed by atoms with Crippen LogP contribution >= 0.6 is 11.3 Å². The van der Waals surface area contributed by atoms with Gasteiger partial charge in [-0.1, -0.05) is 31.4 Å². The Hall–Kier alpha value is -2.63. The highest BCUT2D eigenvalue weighted by Crippen LogP contribution is 2.43. The summed E-state index contributed by atoms with van der Waals surface area (Å²) in [5.41, 5.74) is 2.24. The fourth-order valence-corrected chi connectivity index (χ4v) is 5.37. The van der Waals surface area contributed by atoms with Crippen LogP contribution in [0.15, 0.2) is 48.3 Å². The Morgan fingerprint density at radius 3 is 2.46 bits per heavy atom. The van der Waals surface area contributed by atoms with E-state index in [9.17, 15) is 22.7 Å². The minimum Gasteiger partial charge on any atom is -0.431 e. The van der Waals surface area contributed by atoms with E-state index in [0.29, 0.717) is 29.8 Å². The molecule has 6 nitrogen and oxygen atoms in total. The SMILES string of the molecule is C/C=C(\C=C/NO)CC(c1ccc(OC(F)F)c(OC(F)F)c1)c1cnc(C2(O)CCCCC2)s1. The molecule has 1 aliphatic carbocycles. The standard InChI is InChI=1S/C24H28F4N2O4S/c1-2-15(8-11-30-32)12-17(20-14-29-21(35-20)24(31)9-4-3-5-10-24)16-6-7-18(33-22(25)26)19(13-16)34-23(27)28/h2,6-8,11,13-14,17,22-23,30-32H,3-5,9-10,12H2,1H3/b11-8-,15-2+. The third kappa shape index (κ3) is 7.18. The van der Waals surface area contributed by atoms with Crippen molar-refractivity contribution in [3.05, 3.63) is 63.8 Å². The van der Waals surface area contributed by atoms with Crippen molar-refractivity contribution in [1.82, 2.24) is 10.5 Å². The van der Waals surface area contributed by atoms with E-state index in [1.165, 1.54) is 35.7 Å². The molecule has 1 atom stereocenters. The quantitative estimate of drug-likeness (QED) is 0.181. The number of allylic oxidation sites excluding steroid dienone is 3. The van der Waals surface area contributed by atoms with Gasteiger partial charge in [0.25, 0.3) is 0 Å². The molecule has 1 aromatic carbocycles. The van der Waals surface area contributed by atoms with Crippen LogP contribution in [0.5, 0.6) is 11.5 Å². The van der Waals surface area contributed by atoms with E-state index in [1.54, 1.807) is 12.3 Å². The highest BCUT2D eigenvalue weighted by Gasteiger charge is 2.35. The van der Waals surface area contributed by atoms with Crippen LogP contribution in [0.1, 0.15) is 66.8 Å². The monoisotopic (exact) mass is 516 g/mol. The van der Waals surface area contributed by atoms with Crippen LogP contribution in [-0.2, 0) is 5.60 Å². The molecule has 1 aliphatic rings. The molecule has 0 bridgehead atoms. The van der Waals surface area contributed by atoms with Gasteiger partial charge in [-0.05, 0) is 55.5 Å². The van der Waals surface area contributed by atoms with Gasteiger partial charge in [0, 0.05) is 23.2 Å². The number of aromatic nitrogens is 1. The van der Waals surface area contributed by atoms with Crippen LogP contribution in [0.25, 0.3) is 0 Å². The van der Waals surface area contributed by atoms with E-state index < -0.39 is 36.2 Å². The first-order valence-electron chi connectivity index (χ1n) is 11.2. The molecular formula is C24H28F4N2O4S. The van der Waals surface area contributed by atoms with Crippen LogP contribution < -0.4 is 15.0 Å². The van der Waals surface area contributed by atoms with E-state index in [2.05, 4.69) is 14.5 Å². The first-order valence-corrected chi connectivity index (χ1v) is 12.0. The van der Waals surface area contributed by atoms with Crippen molar-refractivity contribution >= 4 is 11.3 Å². The van der Waals surface area contributed by atoms with Gasteiger partial charge >= 0.3 is 13.2 Å². The summed E-state index contributed by atoms with van der Waals surface area (Å²) in [6.45, 7) is -4.63. The zero-order valence-electron chi connectivity index (χ0n) is 19.1. The Bertz CT molecular complexity index is 1020. The summed E-state index contributed by atoms with van der Waals surface area (Å²) >= 11 is 1.33. The Morgan fingerprint density at radius 2 is 1.83 bits per heavy atom. The minimum atomic E-state index is -3.23. The van der Waals surface area contributed by atoms with E-state index in [-0.39, 0.29) is 0 Å². The van der Waals surface area contributed by atoms with Crippen LogP contribution in [0, 0.1) is 0 Å². The Kier molecular flexibility index (Phi) is 9.53. The molecule has 1 fully saturated rings. The molecule has 0 saturated heterocycles. The number of ether oxygens (including phenoxy) is 2. The maximum Gasteiger partial charge on any atom is 0.387 e. The van der Waals surface area contributed by atoms with Crippen LogP contribution in [-0.4, -0.2) is 28.5 Å². The van der Waals surface area contributed by atoms with E-state index >= 15 is 0 Å². The normalized spacial score (nSPS) is 17.2. The van der Waals surface area contributed by atoms with E-state index in [4.69, 9.17) is 5.21 Å². The number of thiazole rings is 1. The average molecular weight is 517 g/mol. The lowest BCUT2D eigenvalue weighted by molar-refractivity contribution is -0.0692. The summed E-state index contributed by atoms with van der Waals surface area (Å²) in [6.07, 6.45) is 10.9. The molecule has 35 heavy (non-hydrogen) atoms. The number of benzene rings is 1. The molecule has 1 saturated carbocycles. The summed E-state index contributed by atoms with van der Waals surface area (Å²) in [6, 6.07) is 3.94. The maximum atomic E-state index is 13.0. The molecule has 3 N–H and O–H groups in total. The minimum absolute atomic E-state index is 0.373. The zero-order chi connectivity index (χ0) is 25.4. The maximum absolute atomic E-state index is 13.0. The second kappa shape index (κ2) is 12.4. The first-order chi connectivity index (χ1) is 16.8. The molecular weight excluding hydrogens is 488 g/mol. The number of hydrogen-bond acceptors (Lipinski definition) is 7. The molecule has 0 radical (unpaired) electrons. The molecule has 0 aliphatic heterocycles. The van der Waals surface area contributed by atoms with Crippen molar-refractivity contribution in [2.24, 2.45) is 0 Å². The third-order valence-corrected chi connectivity index (χ3v) is 7.23. The number of rotatable bonds is 11. The van der Waals surface area contributed by atoms with Crippen molar-refractivity contribution in [1.29, 1.82) is 0 Å². The predicted octanol–water partition coefficient (Wildman–Crippen LogP) is 6.46. The van der Waals surface area contributed by atoms with Crippen molar-refractivity contribution in [2.45, 2.75) is 70.2 Å². The van der Waals surface area contributed by atoms with Crippen molar-refractivity contribution in [3.8, 4) is 11.5 Å². The number of nitrogens with zero attached hydrogens (tertiary/aromatic N) is 1. The lowest BCUT2D eigenvalue weighted by Gasteiger charge is -2.29. The van der Waals surface area contributed by atoms with Gasteiger partial charge in [0.15, 0.2) is 11.5 Å². The number of nitrogens with one attached hydrogen (secondary N) is 1. The number of halogens is 4. The summed E-state index contributed by atoms with van der Waals surface area (Å²) in [4.78, 5) is 5.24. The summed E-state index contributed by atoms with van der Waals surface area (Å²) < 4.78 is 60.4. The van der Waals surface area contributed by atoms with Gasteiger partial charge in [-0.2, -0.15) is 17.6 Å². The Labute approximate surface area is 204 Å². The Morgan fingerprint density at radius 1 is 1.14 bits per heavy atom. The lowest BCUT2D eigenvalue weighted by atomic mass is 9.85. The fourth-order valence-electron chi connectivity index (χ4n) is 4.18. The van der Waals surface area contributed by atoms with Gasteiger partial charge in [0.05, 0.1) is 0 Å². The molecule has 1 aromatic heterocycles. The van der Waals surface area contributed by atoms with Gasteiger partial charge in [-0.25, -0.2) is 4.98 Å². The van der Waals surface area contributed by atoms with Crippen LogP contribution in [0.2, 0.25) is 0 Å². The van der Waals surface area contributed by atoms with Gasteiger partial charge in [0.1, 0.15) is 10.6 Å². The molecule has 0 spiro atoms. The molecule has 1 heterocycles. The van der Waals surface area contributed by atoms with Gasteiger partial charge in [0.2, 0.25) is 0 Å². The topological polar surface area (TPSA) is 83.8 Å². The van der Waals surface area contributed by atoms with Crippen molar-refractivity contribution < 1.29 is 37.3 Å². The number of hydrogen-bond donors (Lipinski definition) is 3. The number of aliphatic hydroxyl groups is 1. The average Bonchev–Trinajstić information content (AvgIpc) is 3.31. The molecule has 0 amide bonds. The molecule has 2 aromatic rings. The second-order valence-corrected chi connectivity index (χ2v) is 9.27. The first kappa shape index (κ1) is 27.0. The van der Waals surface area contributed by atoms with Crippen LogP contribution in [0.4, 0.5) is 17.6 Å². The molecule has 3 rings (SSSR count). The molecule has 1 unspecified atom stereocenters. The highest BCUT2D eigenvalue weighted by molar-refractivity contribution is 7.11. The zero-order valence-corrected chi connectivity index (χ0v) is 19.9. The number of alkyl halides is 4. The summed E-state index contributed by atoms with van der Waals surface area (Å²) in [7, 11) is 0. The lowest BCUT2D eigenvalue weighted by Crippen LogP contribution is -2.28. The largest absolute Gasteiger partial charge is 0.431 e. The Balaban J connectivity index is 2.03. The fraction of sp³-hybridized carbons (Fsp3) is 0.458. The highest BCUT2D eigenvalue weighted by atomic mass is 32.1.